The molecule has 3 aromatic rings. The molecule has 8 bridgehead atoms. The van der Waals surface area contributed by atoms with Crippen molar-refractivity contribution in [2.45, 2.75) is 20.8 Å². The molecule has 6 heterocycles. The predicted molar refractivity (Wildman–Crippen MR) is 144 cm³/mol. The second-order valence-corrected chi connectivity index (χ2v) is 8.21. The molecule has 2 radical (unpaired) electrons. The molecular formula is C28H24Cl2InN5. The van der Waals surface area contributed by atoms with Crippen LogP contribution in [0.5, 0.6) is 0 Å². The molecule has 0 saturated carbocycles. The molecule has 3 aliphatic heterocycles. The van der Waals surface area contributed by atoms with Crippen molar-refractivity contribution in [3.8, 4) is 0 Å². The SMILES string of the molecule is C1=Cc2cc3ccc(cc4ccc(cc5nc(cc1n2)C=C5)[nH]4)[nH]3.CC1=CN=[C+]C(C)=C1C.[Cl-].[Cl-].[In+]. The van der Waals surface area contributed by atoms with Crippen LogP contribution in [0.15, 0.2) is 76.4 Å². The largest absolute Gasteiger partial charge is 1.00 e. The van der Waals surface area contributed by atoms with Gasteiger partial charge in [0.2, 0.25) is 0 Å². The first kappa shape index (κ1) is 29.3. The van der Waals surface area contributed by atoms with E-state index in [1.807, 2.05) is 55.6 Å². The van der Waals surface area contributed by atoms with Crippen LogP contribution in [0.2, 0.25) is 0 Å². The quantitative estimate of drug-likeness (QED) is 0.249. The Kier molecular flexibility index (Phi) is 10.5. The van der Waals surface area contributed by atoms with Gasteiger partial charge in [-0.3, -0.25) is 0 Å². The Morgan fingerprint density at radius 2 is 1.03 bits per heavy atom. The first-order valence-electron chi connectivity index (χ1n) is 10.9. The number of aromatic amines is 2. The Hall–Kier alpha value is -2.89. The summed E-state index contributed by atoms with van der Waals surface area (Å²) >= 11 is 0. The van der Waals surface area contributed by atoms with Crippen molar-refractivity contribution in [1.82, 2.24) is 19.9 Å². The minimum Gasteiger partial charge on any atom is -1.00 e. The molecule has 178 valence electrons. The molecule has 0 aliphatic carbocycles. The molecule has 0 saturated heterocycles. The van der Waals surface area contributed by atoms with E-state index in [4.69, 9.17) is 0 Å². The summed E-state index contributed by atoms with van der Waals surface area (Å²) in [6, 6.07) is 16.4. The van der Waals surface area contributed by atoms with Gasteiger partial charge in [-0.15, -0.1) is 0 Å². The minimum absolute atomic E-state index is 0. The van der Waals surface area contributed by atoms with Crippen molar-refractivity contribution in [2.75, 3.05) is 0 Å². The Balaban J connectivity index is 0.000000329. The Bertz CT molecular complexity index is 1470. The summed E-state index contributed by atoms with van der Waals surface area (Å²) in [4.78, 5) is 19.9. The van der Waals surface area contributed by atoms with E-state index in [1.54, 1.807) is 0 Å². The summed E-state index contributed by atoms with van der Waals surface area (Å²) in [5, 5.41) is 0. The zero-order valence-corrected chi connectivity index (χ0v) is 25.0. The second-order valence-electron chi connectivity index (χ2n) is 8.21. The minimum atomic E-state index is 0. The number of nitrogens with one attached hydrogen (secondary N) is 2. The predicted octanol–water partition coefficient (Wildman–Crippen LogP) is 0.471. The monoisotopic (exact) mass is 615 g/mol. The molecule has 0 fully saturated rings. The molecule has 5 nitrogen and oxygen atoms in total. The van der Waals surface area contributed by atoms with Gasteiger partial charge in [-0.1, -0.05) is 4.99 Å². The summed E-state index contributed by atoms with van der Waals surface area (Å²) in [7, 11) is 0. The van der Waals surface area contributed by atoms with Gasteiger partial charge in [-0.25, -0.2) is 9.97 Å². The summed E-state index contributed by atoms with van der Waals surface area (Å²) in [6.07, 6.45) is 12.8. The van der Waals surface area contributed by atoms with Crippen LogP contribution < -0.4 is 24.8 Å². The third kappa shape index (κ3) is 7.08. The van der Waals surface area contributed by atoms with Gasteiger partial charge in [0.15, 0.2) is 6.21 Å². The van der Waals surface area contributed by atoms with Crippen molar-refractivity contribution in [3.05, 3.63) is 94.2 Å². The van der Waals surface area contributed by atoms with Gasteiger partial charge in [-0.05, 0) is 86.7 Å². The van der Waals surface area contributed by atoms with E-state index in [2.05, 4.69) is 75.3 Å². The van der Waals surface area contributed by atoms with Crippen LogP contribution in [0.25, 0.3) is 46.4 Å². The molecule has 0 aromatic carbocycles. The van der Waals surface area contributed by atoms with Crippen LogP contribution >= 0.6 is 0 Å². The topological polar surface area (TPSA) is 69.7 Å². The number of aromatic nitrogens is 4. The molecule has 0 spiro atoms. The van der Waals surface area contributed by atoms with Crippen molar-refractivity contribution < 1.29 is 24.8 Å². The fourth-order valence-corrected chi connectivity index (χ4v) is 3.65. The third-order valence-corrected chi connectivity index (χ3v) is 5.69. The van der Waals surface area contributed by atoms with Crippen LogP contribution in [0.1, 0.15) is 43.5 Å². The van der Waals surface area contributed by atoms with E-state index >= 15 is 0 Å². The van der Waals surface area contributed by atoms with E-state index in [9.17, 15) is 0 Å². The van der Waals surface area contributed by atoms with Crippen molar-refractivity contribution >= 4 is 78.4 Å². The van der Waals surface area contributed by atoms with E-state index in [-0.39, 0.29) is 50.7 Å². The van der Waals surface area contributed by atoms with Gasteiger partial charge in [0, 0.05) is 29.0 Å². The van der Waals surface area contributed by atoms with Crippen molar-refractivity contribution in [1.29, 1.82) is 0 Å². The van der Waals surface area contributed by atoms with Crippen LogP contribution in [-0.2, 0) is 0 Å². The van der Waals surface area contributed by atoms with Crippen LogP contribution in [0, 0.1) is 0 Å². The van der Waals surface area contributed by atoms with E-state index in [0.717, 1.165) is 50.4 Å². The maximum absolute atomic E-state index is 4.62. The van der Waals surface area contributed by atoms with E-state index < -0.39 is 0 Å². The second kappa shape index (κ2) is 12.9. The van der Waals surface area contributed by atoms with Crippen LogP contribution in [0.3, 0.4) is 0 Å². The van der Waals surface area contributed by atoms with E-state index in [0.29, 0.717) is 0 Å². The zero-order chi connectivity index (χ0) is 22.8. The fourth-order valence-electron chi connectivity index (χ4n) is 3.65. The number of fused-ring (bicyclic) bond motifs is 8. The molecule has 3 aromatic heterocycles. The number of nitrogens with zero attached hydrogens (tertiary/aromatic N) is 3. The van der Waals surface area contributed by atoms with Gasteiger partial charge in [0.25, 0.3) is 0 Å². The average Bonchev–Trinajstić information content (AvgIpc) is 3.58. The van der Waals surface area contributed by atoms with Crippen LogP contribution in [-0.4, -0.2) is 52.0 Å². The molecule has 6 rings (SSSR count). The molecule has 0 amide bonds. The number of hydrogen-bond acceptors (Lipinski definition) is 3. The molecule has 0 atom stereocenters. The average molecular weight is 616 g/mol. The summed E-state index contributed by atoms with van der Waals surface area (Å²) in [5.74, 6) is 0. The number of H-pyrrole nitrogens is 2. The normalized spacial score (nSPS) is 12.8. The van der Waals surface area contributed by atoms with Gasteiger partial charge in [0.1, 0.15) is 11.8 Å². The summed E-state index contributed by atoms with van der Waals surface area (Å²) < 4.78 is 0. The number of allylic oxidation sites excluding steroid dienone is 3. The van der Waals surface area contributed by atoms with Gasteiger partial charge in [0.05, 0.1) is 33.9 Å². The van der Waals surface area contributed by atoms with Gasteiger partial charge in [-0.2, -0.15) is 0 Å². The molecule has 8 heteroatoms. The number of hydrogen-bond donors (Lipinski definition) is 2. The summed E-state index contributed by atoms with van der Waals surface area (Å²) in [6.45, 7) is 6.17. The molecule has 2 N–H and O–H groups in total. The Morgan fingerprint density at radius 1 is 0.611 bits per heavy atom. The van der Waals surface area contributed by atoms with Crippen LogP contribution in [0.4, 0.5) is 0 Å². The standard InChI is InChI=1S/C20H14N4.C8H10N.2ClH.In/c1-2-14-10-16-5-6-18(23-16)12-20-8-7-19(24-20)11-17-4-3-15(22-17)9-13(1)21-14;1-6-4-9-5-7(2)8(6)3;;;/h1-12,21-22H;4H,1-3H3;2*1H;/q;+1;;;+1/p-2. The smallest absolute Gasteiger partial charge is 1.00 e. The molecule has 0 unspecified atom stereocenters. The molecule has 36 heavy (non-hydrogen) atoms. The summed E-state index contributed by atoms with van der Waals surface area (Å²) in [5.41, 5.74) is 11.5. The van der Waals surface area contributed by atoms with Gasteiger partial charge < -0.3 is 34.8 Å². The first-order chi connectivity index (χ1) is 16.0. The first-order valence-corrected chi connectivity index (χ1v) is 10.9. The van der Waals surface area contributed by atoms with E-state index in [1.165, 1.54) is 11.1 Å². The maximum Gasteiger partial charge on any atom is 1.00 e. The number of rotatable bonds is 0. The number of halogens is 2. The van der Waals surface area contributed by atoms with Crippen molar-refractivity contribution in [2.24, 2.45) is 4.99 Å². The Morgan fingerprint density at radius 3 is 1.44 bits per heavy atom. The fraction of sp³-hybridized carbons (Fsp3) is 0.107. The van der Waals surface area contributed by atoms with Crippen molar-refractivity contribution in [3.63, 3.8) is 0 Å². The third-order valence-electron chi connectivity index (χ3n) is 5.69. The molecule has 3 aliphatic rings. The Labute approximate surface area is 241 Å². The number of aliphatic imine (C=N–C) groups is 1. The maximum atomic E-state index is 4.62. The molecular weight excluding hydrogens is 592 g/mol. The zero-order valence-electron chi connectivity index (χ0n) is 20.2. The van der Waals surface area contributed by atoms with Gasteiger partial charge >= 0.3 is 25.8 Å².